The van der Waals surface area contributed by atoms with E-state index in [4.69, 9.17) is 0 Å². The molecule has 3 nitrogen and oxygen atoms in total. The number of aryl methyl sites for hydroxylation is 1. The van der Waals surface area contributed by atoms with Gasteiger partial charge in [0.25, 0.3) is 5.91 Å². The van der Waals surface area contributed by atoms with Crippen molar-refractivity contribution in [1.29, 1.82) is 0 Å². The minimum absolute atomic E-state index is 0.0103. The van der Waals surface area contributed by atoms with Crippen LogP contribution in [0.5, 0.6) is 0 Å². The van der Waals surface area contributed by atoms with Crippen LogP contribution in [-0.4, -0.2) is 5.91 Å². The van der Waals surface area contributed by atoms with Crippen molar-refractivity contribution in [3.8, 4) is 0 Å². The van der Waals surface area contributed by atoms with Crippen molar-refractivity contribution in [2.75, 3.05) is 10.6 Å². The Labute approximate surface area is 203 Å². The highest BCUT2D eigenvalue weighted by molar-refractivity contribution is 6.05. The summed E-state index contributed by atoms with van der Waals surface area (Å²) in [7, 11) is 0. The molecule has 5 atom stereocenters. The van der Waals surface area contributed by atoms with Gasteiger partial charge in [-0.1, -0.05) is 62.4 Å². The summed E-state index contributed by atoms with van der Waals surface area (Å²) in [5.41, 5.74) is 7.96. The van der Waals surface area contributed by atoms with Crippen LogP contribution in [0.25, 0.3) is 0 Å². The average molecular weight is 451 g/mol. The van der Waals surface area contributed by atoms with E-state index in [9.17, 15) is 4.79 Å². The number of amides is 1. The molecule has 2 aliphatic carbocycles. The number of carbonyl (C=O) groups is 1. The molecule has 2 bridgehead atoms. The molecule has 0 radical (unpaired) electrons. The standard InChI is InChI=1S/C31H34N2O/c1-18(2)24-11-7-8-19(3)29(24)33-31(34)23-14-15-26-25(17-23)27-21-12-13-22(16-21)28(27)30(32-26)20-9-5-4-6-10-20/h4-11,14-15,17-18,21-22,27-28,30,32H,12-13,16H2,1-3H3,(H,33,34)/t21-,22-,27-,28+,30-/m0/s1. The van der Waals surface area contributed by atoms with Crippen LogP contribution in [0.4, 0.5) is 11.4 Å². The lowest BCUT2D eigenvalue weighted by Gasteiger charge is -2.43. The van der Waals surface area contributed by atoms with Gasteiger partial charge in [-0.2, -0.15) is 0 Å². The number of nitrogens with one attached hydrogen (secondary N) is 2. The molecule has 3 aromatic rings. The first-order valence-corrected chi connectivity index (χ1v) is 12.9. The van der Waals surface area contributed by atoms with Crippen LogP contribution < -0.4 is 10.6 Å². The van der Waals surface area contributed by atoms with Crippen LogP contribution in [0.1, 0.15) is 83.6 Å². The minimum atomic E-state index is -0.0103. The van der Waals surface area contributed by atoms with Crippen LogP contribution in [-0.2, 0) is 0 Å². The van der Waals surface area contributed by atoms with E-state index in [0.29, 0.717) is 23.8 Å². The van der Waals surface area contributed by atoms with E-state index in [1.165, 1.54) is 41.6 Å². The highest BCUT2D eigenvalue weighted by Crippen LogP contribution is 2.63. The lowest BCUT2D eigenvalue weighted by Crippen LogP contribution is -2.35. The van der Waals surface area contributed by atoms with Crippen molar-refractivity contribution in [2.45, 2.75) is 57.9 Å². The van der Waals surface area contributed by atoms with Gasteiger partial charge in [-0.3, -0.25) is 4.79 Å². The molecule has 1 aliphatic heterocycles. The highest BCUT2D eigenvalue weighted by Gasteiger charge is 2.53. The zero-order valence-electron chi connectivity index (χ0n) is 20.3. The molecule has 174 valence electrons. The molecule has 2 N–H and O–H groups in total. The van der Waals surface area contributed by atoms with E-state index in [1.807, 2.05) is 6.07 Å². The Morgan fingerprint density at radius 3 is 2.56 bits per heavy atom. The van der Waals surface area contributed by atoms with Crippen LogP contribution in [0.15, 0.2) is 66.7 Å². The van der Waals surface area contributed by atoms with Gasteiger partial charge in [-0.05, 0) is 96.2 Å². The van der Waals surface area contributed by atoms with Crippen molar-refractivity contribution in [1.82, 2.24) is 0 Å². The lowest BCUT2D eigenvalue weighted by molar-refractivity contribution is 0.102. The Morgan fingerprint density at radius 2 is 1.76 bits per heavy atom. The number of benzene rings is 3. The van der Waals surface area contributed by atoms with Crippen LogP contribution in [0.2, 0.25) is 0 Å². The van der Waals surface area contributed by atoms with Crippen molar-refractivity contribution >= 4 is 17.3 Å². The largest absolute Gasteiger partial charge is 0.378 e. The molecule has 6 rings (SSSR count). The van der Waals surface area contributed by atoms with E-state index in [1.54, 1.807) is 0 Å². The quantitative estimate of drug-likeness (QED) is 0.428. The molecule has 0 saturated heterocycles. The maximum Gasteiger partial charge on any atom is 0.255 e. The number of rotatable bonds is 4. The second kappa shape index (κ2) is 8.30. The number of anilines is 2. The number of carbonyl (C=O) groups excluding carboxylic acids is 1. The Hall–Kier alpha value is -3.07. The fourth-order valence-corrected chi connectivity index (χ4v) is 7.15. The molecule has 1 amide bonds. The van der Waals surface area contributed by atoms with E-state index < -0.39 is 0 Å². The van der Waals surface area contributed by atoms with E-state index >= 15 is 0 Å². The maximum atomic E-state index is 13.4. The zero-order chi connectivity index (χ0) is 23.4. The van der Waals surface area contributed by atoms with Crippen molar-refractivity contribution in [3.63, 3.8) is 0 Å². The third kappa shape index (κ3) is 3.45. The summed E-state index contributed by atoms with van der Waals surface area (Å²) < 4.78 is 0. The number of hydrogen-bond donors (Lipinski definition) is 2. The maximum absolute atomic E-state index is 13.4. The zero-order valence-corrected chi connectivity index (χ0v) is 20.3. The molecular weight excluding hydrogens is 416 g/mol. The van der Waals surface area contributed by atoms with Gasteiger partial charge in [-0.15, -0.1) is 0 Å². The molecule has 0 spiro atoms. The molecule has 0 unspecified atom stereocenters. The molecular formula is C31H34N2O. The highest BCUT2D eigenvalue weighted by atomic mass is 16.1. The van der Waals surface area contributed by atoms with Gasteiger partial charge in [0.15, 0.2) is 0 Å². The topological polar surface area (TPSA) is 41.1 Å². The first kappa shape index (κ1) is 21.5. The molecule has 34 heavy (non-hydrogen) atoms. The summed E-state index contributed by atoms with van der Waals surface area (Å²) in [5, 5.41) is 7.14. The minimum Gasteiger partial charge on any atom is -0.378 e. The summed E-state index contributed by atoms with van der Waals surface area (Å²) in [6.45, 7) is 6.42. The molecule has 2 fully saturated rings. The number of hydrogen-bond acceptors (Lipinski definition) is 2. The Morgan fingerprint density at radius 1 is 0.971 bits per heavy atom. The monoisotopic (exact) mass is 450 g/mol. The fourth-order valence-electron chi connectivity index (χ4n) is 7.15. The number of para-hydroxylation sites is 1. The normalized spacial score (nSPS) is 26.6. The summed E-state index contributed by atoms with van der Waals surface area (Å²) in [5.74, 6) is 3.01. The predicted octanol–water partition coefficient (Wildman–Crippen LogP) is 7.67. The summed E-state index contributed by atoms with van der Waals surface area (Å²) >= 11 is 0. The second-order valence-electron chi connectivity index (χ2n) is 10.9. The van der Waals surface area contributed by atoms with Crippen LogP contribution in [0, 0.1) is 24.7 Å². The fraction of sp³-hybridized carbons (Fsp3) is 0.387. The average Bonchev–Trinajstić information content (AvgIpc) is 3.48. The van der Waals surface area contributed by atoms with E-state index in [-0.39, 0.29) is 5.91 Å². The van der Waals surface area contributed by atoms with Gasteiger partial charge in [0.2, 0.25) is 0 Å². The summed E-state index contributed by atoms with van der Waals surface area (Å²) in [6.07, 6.45) is 4.00. The van der Waals surface area contributed by atoms with Gasteiger partial charge in [0.05, 0.1) is 6.04 Å². The summed E-state index contributed by atoms with van der Waals surface area (Å²) in [4.78, 5) is 13.4. The molecule has 1 heterocycles. The van der Waals surface area contributed by atoms with Crippen molar-refractivity contribution in [3.05, 3.63) is 94.5 Å². The summed E-state index contributed by atoms with van der Waals surface area (Å²) in [6, 6.07) is 23.9. The van der Waals surface area contributed by atoms with Crippen LogP contribution >= 0.6 is 0 Å². The molecule has 0 aromatic heterocycles. The van der Waals surface area contributed by atoms with Crippen LogP contribution in [0.3, 0.4) is 0 Å². The van der Waals surface area contributed by atoms with Crippen molar-refractivity contribution < 1.29 is 4.79 Å². The smallest absolute Gasteiger partial charge is 0.255 e. The lowest BCUT2D eigenvalue weighted by atomic mass is 9.68. The molecule has 2 saturated carbocycles. The van der Waals surface area contributed by atoms with E-state index in [2.05, 4.69) is 92.1 Å². The SMILES string of the molecule is Cc1cccc(C(C)C)c1NC(=O)c1ccc2c(c1)[C@@H]1[C@H]3CC[C@@H](C3)[C@H]1[C@H](c1ccccc1)N2. The van der Waals surface area contributed by atoms with Gasteiger partial charge in [0, 0.05) is 16.9 Å². The van der Waals surface area contributed by atoms with Gasteiger partial charge < -0.3 is 10.6 Å². The Kier molecular flexibility index (Phi) is 5.24. The molecule has 3 heteroatoms. The first-order valence-electron chi connectivity index (χ1n) is 12.9. The Bertz CT molecular complexity index is 1230. The van der Waals surface area contributed by atoms with Gasteiger partial charge in [-0.25, -0.2) is 0 Å². The van der Waals surface area contributed by atoms with Crippen molar-refractivity contribution in [2.24, 2.45) is 17.8 Å². The predicted molar refractivity (Wildman–Crippen MR) is 140 cm³/mol. The third-order valence-corrected chi connectivity index (χ3v) is 8.67. The third-order valence-electron chi connectivity index (χ3n) is 8.67. The number of fused-ring (bicyclic) bond motifs is 7. The Balaban J connectivity index is 1.35. The molecule has 3 aromatic carbocycles. The first-order chi connectivity index (χ1) is 16.5. The van der Waals surface area contributed by atoms with Gasteiger partial charge in [0.1, 0.15) is 0 Å². The van der Waals surface area contributed by atoms with E-state index in [0.717, 1.165) is 28.7 Å². The second-order valence-corrected chi connectivity index (χ2v) is 10.9. The van der Waals surface area contributed by atoms with Gasteiger partial charge >= 0.3 is 0 Å². The molecule has 3 aliphatic rings.